The number of rotatable bonds is 5. The van der Waals surface area contributed by atoms with Gasteiger partial charge in [0.2, 0.25) is 0 Å². The lowest BCUT2D eigenvalue weighted by molar-refractivity contribution is 0.0955. The van der Waals surface area contributed by atoms with Crippen LogP contribution in [0.2, 0.25) is 0 Å². The largest absolute Gasteiger partial charge is 0.495 e. The molecule has 0 fully saturated rings. The first kappa shape index (κ1) is 17.1. The molecule has 0 unspecified atom stereocenters. The van der Waals surface area contributed by atoms with Crippen LogP contribution in [0.25, 0.3) is 10.9 Å². The van der Waals surface area contributed by atoms with Crippen LogP contribution in [0.4, 0.5) is 4.39 Å². The van der Waals surface area contributed by atoms with E-state index in [0.717, 1.165) is 47.2 Å². The Hall–Kier alpha value is -2.34. The van der Waals surface area contributed by atoms with Gasteiger partial charge in [-0.1, -0.05) is 0 Å². The number of methoxy groups -OCH3 is 1. The fourth-order valence-electron chi connectivity index (χ4n) is 3.80. The number of nitrogens with one attached hydrogen (secondary N) is 2. The number of H-pyrrole nitrogens is 1. The topological polar surface area (TPSA) is 54.1 Å². The van der Waals surface area contributed by atoms with Gasteiger partial charge in [0.15, 0.2) is 0 Å². The number of aromatic amines is 1. The number of fused-ring (bicyclic) bond motifs is 2. The molecule has 26 heavy (non-hydrogen) atoms. The molecule has 136 valence electrons. The van der Waals surface area contributed by atoms with Gasteiger partial charge in [-0.15, -0.1) is 11.3 Å². The van der Waals surface area contributed by atoms with Crippen LogP contribution in [0.5, 0.6) is 5.75 Å². The van der Waals surface area contributed by atoms with Crippen LogP contribution in [0, 0.1) is 12.7 Å². The maximum atomic E-state index is 13.6. The van der Waals surface area contributed by atoms with Crippen molar-refractivity contribution in [2.75, 3.05) is 13.7 Å². The molecule has 0 saturated heterocycles. The van der Waals surface area contributed by atoms with Crippen LogP contribution in [0.15, 0.2) is 18.2 Å². The average Bonchev–Trinajstić information content (AvgIpc) is 3.28. The summed E-state index contributed by atoms with van der Waals surface area (Å²) in [5.41, 5.74) is 4.17. The Kier molecular flexibility index (Phi) is 4.44. The maximum absolute atomic E-state index is 13.6. The monoisotopic (exact) mass is 372 g/mol. The molecule has 1 amide bonds. The molecule has 2 N–H and O–H groups in total. The molecule has 6 heteroatoms. The molecule has 1 aliphatic rings. The van der Waals surface area contributed by atoms with E-state index in [1.165, 1.54) is 16.5 Å². The molecule has 0 saturated carbocycles. The maximum Gasteiger partial charge on any atom is 0.265 e. The number of benzene rings is 1. The quantitative estimate of drug-likeness (QED) is 0.707. The fraction of sp³-hybridized carbons (Fsp3) is 0.350. The average molecular weight is 372 g/mol. The van der Waals surface area contributed by atoms with Crippen LogP contribution in [0.1, 0.15) is 37.8 Å². The molecule has 3 aromatic rings. The first-order valence-corrected chi connectivity index (χ1v) is 9.63. The van der Waals surface area contributed by atoms with Gasteiger partial charge in [-0.3, -0.25) is 4.79 Å². The third-order valence-electron chi connectivity index (χ3n) is 5.03. The number of aryl methyl sites for hydroxylation is 2. The lowest BCUT2D eigenvalue weighted by atomic mass is 10.1. The summed E-state index contributed by atoms with van der Waals surface area (Å²) in [4.78, 5) is 17.8. The molecule has 0 bridgehead atoms. The van der Waals surface area contributed by atoms with E-state index < -0.39 is 0 Å². The highest BCUT2D eigenvalue weighted by molar-refractivity contribution is 7.14. The lowest BCUT2D eigenvalue weighted by Gasteiger charge is -2.07. The zero-order valence-electron chi connectivity index (χ0n) is 14.9. The van der Waals surface area contributed by atoms with E-state index in [9.17, 15) is 9.18 Å². The van der Waals surface area contributed by atoms with E-state index in [1.807, 2.05) is 6.92 Å². The molecule has 4 rings (SSSR count). The second-order valence-electron chi connectivity index (χ2n) is 6.64. The Morgan fingerprint density at radius 3 is 3.04 bits per heavy atom. The van der Waals surface area contributed by atoms with Gasteiger partial charge >= 0.3 is 0 Å². The number of hydrogen-bond acceptors (Lipinski definition) is 3. The Labute approximate surface area is 155 Å². The highest BCUT2D eigenvalue weighted by Crippen LogP contribution is 2.40. The summed E-state index contributed by atoms with van der Waals surface area (Å²) in [5.74, 6) is 0.398. The van der Waals surface area contributed by atoms with Crippen molar-refractivity contribution in [1.29, 1.82) is 0 Å². The van der Waals surface area contributed by atoms with Gasteiger partial charge in [0.25, 0.3) is 5.91 Å². The molecule has 1 aliphatic carbocycles. The van der Waals surface area contributed by atoms with E-state index in [1.54, 1.807) is 30.6 Å². The summed E-state index contributed by atoms with van der Waals surface area (Å²) in [7, 11) is 1.63. The van der Waals surface area contributed by atoms with Gasteiger partial charge in [-0.2, -0.15) is 0 Å². The summed E-state index contributed by atoms with van der Waals surface area (Å²) >= 11 is 1.54. The van der Waals surface area contributed by atoms with E-state index in [0.29, 0.717) is 17.8 Å². The minimum atomic E-state index is -0.250. The van der Waals surface area contributed by atoms with E-state index in [2.05, 4.69) is 10.3 Å². The molecule has 1 aromatic carbocycles. The number of carbonyl (C=O) groups is 1. The number of hydrogen-bond donors (Lipinski definition) is 2. The van der Waals surface area contributed by atoms with Crippen molar-refractivity contribution in [3.8, 4) is 5.75 Å². The van der Waals surface area contributed by atoms with Gasteiger partial charge in [-0.05, 0) is 56.4 Å². The second kappa shape index (κ2) is 6.76. The Balaban J connectivity index is 1.48. The van der Waals surface area contributed by atoms with Gasteiger partial charge in [0.05, 0.1) is 7.11 Å². The van der Waals surface area contributed by atoms with Crippen molar-refractivity contribution in [1.82, 2.24) is 10.3 Å². The number of halogens is 1. The molecule has 4 nitrogen and oxygen atoms in total. The van der Waals surface area contributed by atoms with Gasteiger partial charge in [-0.25, -0.2) is 4.39 Å². The number of thiophene rings is 1. The predicted octanol–water partition coefficient (Wildman–Crippen LogP) is 4.15. The Morgan fingerprint density at radius 1 is 1.38 bits per heavy atom. The van der Waals surface area contributed by atoms with Crippen molar-refractivity contribution in [3.05, 3.63) is 50.6 Å². The van der Waals surface area contributed by atoms with Crippen LogP contribution >= 0.6 is 11.3 Å². The minimum absolute atomic E-state index is 0.0927. The molecule has 2 aromatic heterocycles. The van der Waals surface area contributed by atoms with Crippen molar-refractivity contribution < 1.29 is 13.9 Å². The Morgan fingerprint density at radius 2 is 2.23 bits per heavy atom. The summed E-state index contributed by atoms with van der Waals surface area (Å²) in [5, 5.41) is 3.87. The summed E-state index contributed by atoms with van der Waals surface area (Å²) in [6.45, 7) is 2.47. The molecular formula is C20H21FN2O2S. The van der Waals surface area contributed by atoms with Crippen LogP contribution in [0.3, 0.4) is 0 Å². The fourth-order valence-corrected chi connectivity index (χ4v) is 5.07. The lowest BCUT2D eigenvalue weighted by Crippen LogP contribution is -2.25. The van der Waals surface area contributed by atoms with Gasteiger partial charge in [0, 0.05) is 33.6 Å². The zero-order valence-corrected chi connectivity index (χ0v) is 15.7. The number of aromatic nitrogens is 1. The highest BCUT2D eigenvalue weighted by atomic mass is 32.1. The predicted molar refractivity (Wildman–Crippen MR) is 102 cm³/mol. The van der Waals surface area contributed by atoms with E-state index >= 15 is 0 Å². The molecule has 2 heterocycles. The number of carbonyl (C=O) groups excluding carboxylic acids is 1. The van der Waals surface area contributed by atoms with Crippen molar-refractivity contribution >= 4 is 28.1 Å². The first-order chi connectivity index (χ1) is 12.6. The Bertz CT molecular complexity index is 990. The van der Waals surface area contributed by atoms with Crippen molar-refractivity contribution in [2.45, 2.75) is 32.6 Å². The normalized spacial score (nSPS) is 13.2. The molecule has 0 spiro atoms. The summed E-state index contributed by atoms with van der Waals surface area (Å²) in [6, 6.07) is 4.74. The molecular weight excluding hydrogens is 351 g/mol. The van der Waals surface area contributed by atoms with Gasteiger partial charge in [0.1, 0.15) is 16.4 Å². The zero-order chi connectivity index (χ0) is 18.3. The van der Waals surface area contributed by atoms with Gasteiger partial charge < -0.3 is 15.0 Å². The van der Waals surface area contributed by atoms with Crippen molar-refractivity contribution in [2.24, 2.45) is 0 Å². The van der Waals surface area contributed by atoms with Crippen LogP contribution < -0.4 is 10.1 Å². The SMILES string of the molecule is COc1c(C(=O)NCCc2c(C)[nH]c3ccc(F)cc23)sc2c1CCC2. The van der Waals surface area contributed by atoms with Crippen molar-refractivity contribution in [3.63, 3.8) is 0 Å². The summed E-state index contributed by atoms with van der Waals surface area (Å²) < 4.78 is 19.1. The number of amides is 1. The van der Waals surface area contributed by atoms with Crippen LogP contribution in [-0.2, 0) is 19.3 Å². The van der Waals surface area contributed by atoms with E-state index in [4.69, 9.17) is 4.74 Å². The number of ether oxygens (including phenoxy) is 1. The van der Waals surface area contributed by atoms with E-state index in [-0.39, 0.29) is 11.7 Å². The smallest absolute Gasteiger partial charge is 0.265 e. The standard InChI is InChI=1S/C20H21FN2O2S/c1-11-13(15-10-12(21)6-7-16(15)23-11)8-9-22-20(24)19-18(25-2)14-4-3-5-17(14)26-19/h6-7,10,23H,3-5,8-9H2,1-2H3,(H,22,24). The first-order valence-electron chi connectivity index (χ1n) is 8.82. The molecule has 0 atom stereocenters. The minimum Gasteiger partial charge on any atom is -0.495 e. The molecule has 0 aliphatic heterocycles. The third-order valence-corrected chi connectivity index (χ3v) is 6.30. The molecule has 0 radical (unpaired) electrons. The summed E-state index contributed by atoms with van der Waals surface area (Å²) in [6.07, 6.45) is 3.80. The third kappa shape index (κ3) is 2.88. The second-order valence-corrected chi connectivity index (χ2v) is 7.75. The highest BCUT2D eigenvalue weighted by Gasteiger charge is 2.26. The van der Waals surface area contributed by atoms with Crippen LogP contribution in [-0.4, -0.2) is 24.5 Å².